The van der Waals surface area contributed by atoms with Crippen molar-refractivity contribution in [3.63, 3.8) is 0 Å². The average molecular weight is 315 g/mol. The lowest BCUT2D eigenvalue weighted by molar-refractivity contribution is 0.594. The van der Waals surface area contributed by atoms with Crippen LogP contribution in [0.1, 0.15) is 23.6 Å². The summed E-state index contributed by atoms with van der Waals surface area (Å²) in [6.07, 6.45) is 0.658. The summed E-state index contributed by atoms with van der Waals surface area (Å²) in [7, 11) is 0. The molecular weight excluding hydrogens is 303 g/mol. The molecule has 0 saturated heterocycles. The second kappa shape index (κ2) is 5.89. The maximum Gasteiger partial charge on any atom is 0.0914 e. The summed E-state index contributed by atoms with van der Waals surface area (Å²) in [6, 6.07) is 17.4. The van der Waals surface area contributed by atoms with Crippen molar-refractivity contribution in [2.45, 2.75) is 12.5 Å². The lowest BCUT2D eigenvalue weighted by Crippen LogP contribution is -2.04. The molecule has 0 spiro atoms. The van der Waals surface area contributed by atoms with Gasteiger partial charge in [0.2, 0.25) is 0 Å². The summed E-state index contributed by atoms with van der Waals surface area (Å²) in [6.45, 7) is 0. The average Bonchev–Trinajstić information content (AvgIpc) is 2.93. The molecule has 2 atom stereocenters. The summed E-state index contributed by atoms with van der Waals surface area (Å²) in [5, 5.41) is 10.8. The normalized spacial score (nSPS) is 20.9. The van der Waals surface area contributed by atoms with Gasteiger partial charge in [0, 0.05) is 22.2 Å². The van der Waals surface area contributed by atoms with E-state index in [0.717, 1.165) is 16.8 Å². The Labute approximate surface area is 133 Å². The summed E-state index contributed by atoms with van der Waals surface area (Å²) in [4.78, 5) is 4.75. The number of benzene rings is 2. The molecule has 2 nitrogen and oxygen atoms in total. The molecule has 0 aromatic heterocycles. The number of nitrogens with zero attached hydrogens (tertiary/aromatic N) is 2. The molecule has 1 aliphatic heterocycles. The van der Waals surface area contributed by atoms with Crippen LogP contribution in [-0.2, 0) is 0 Å². The van der Waals surface area contributed by atoms with E-state index < -0.39 is 0 Å². The highest BCUT2D eigenvalue weighted by molar-refractivity contribution is 6.30. The van der Waals surface area contributed by atoms with Gasteiger partial charge in [0.15, 0.2) is 0 Å². The Hall–Kier alpha value is -1.82. The number of nitriles is 1. The first kappa shape index (κ1) is 14.1. The third-order valence-electron chi connectivity index (χ3n) is 3.64. The lowest BCUT2D eigenvalue weighted by Gasteiger charge is -2.11. The van der Waals surface area contributed by atoms with Crippen molar-refractivity contribution >= 4 is 28.9 Å². The van der Waals surface area contributed by atoms with Crippen LogP contribution in [0.15, 0.2) is 53.5 Å². The van der Waals surface area contributed by atoms with Gasteiger partial charge in [0.05, 0.1) is 18.0 Å². The van der Waals surface area contributed by atoms with Gasteiger partial charge < -0.3 is 0 Å². The van der Waals surface area contributed by atoms with E-state index in [2.05, 4.69) is 6.07 Å². The summed E-state index contributed by atoms with van der Waals surface area (Å²) in [5.74, 6) is -0.142. The van der Waals surface area contributed by atoms with Crippen molar-refractivity contribution in [3.8, 4) is 6.07 Å². The van der Waals surface area contributed by atoms with Crippen LogP contribution < -0.4 is 0 Å². The minimum absolute atomic E-state index is 0.127. The van der Waals surface area contributed by atoms with Gasteiger partial charge in [-0.05, 0) is 35.4 Å². The highest BCUT2D eigenvalue weighted by Crippen LogP contribution is 2.36. The van der Waals surface area contributed by atoms with Crippen LogP contribution in [-0.4, -0.2) is 5.71 Å². The summed E-state index contributed by atoms with van der Waals surface area (Å²) in [5.41, 5.74) is 3.00. The van der Waals surface area contributed by atoms with Gasteiger partial charge in [-0.1, -0.05) is 47.5 Å². The second-order valence-electron chi connectivity index (χ2n) is 5.02. The predicted molar refractivity (Wildman–Crippen MR) is 85.9 cm³/mol. The highest BCUT2D eigenvalue weighted by Gasteiger charge is 2.30. The number of hydrogen-bond acceptors (Lipinski definition) is 2. The van der Waals surface area contributed by atoms with Crippen LogP contribution in [0.25, 0.3) is 0 Å². The molecule has 0 fully saturated rings. The fourth-order valence-electron chi connectivity index (χ4n) is 2.55. The Balaban J connectivity index is 1.94. The zero-order valence-corrected chi connectivity index (χ0v) is 12.6. The number of hydrogen-bond donors (Lipinski definition) is 0. The van der Waals surface area contributed by atoms with Crippen LogP contribution in [0.2, 0.25) is 10.0 Å². The topological polar surface area (TPSA) is 36.1 Å². The number of halogens is 2. The first-order valence-electron chi connectivity index (χ1n) is 6.65. The predicted octanol–water partition coefficient (Wildman–Crippen LogP) is 5.07. The zero-order chi connectivity index (χ0) is 14.8. The number of rotatable bonds is 2. The van der Waals surface area contributed by atoms with Gasteiger partial charge >= 0.3 is 0 Å². The third kappa shape index (κ3) is 2.95. The Bertz CT molecular complexity index is 712. The van der Waals surface area contributed by atoms with Gasteiger partial charge in [0.25, 0.3) is 0 Å². The van der Waals surface area contributed by atoms with Crippen LogP contribution in [0, 0.1) is 17.2 Å². The molecule has 4 heteroatoms. The molecule has 0 amide bonds. The summed E-state index contributed by atoms with van der Waals surface area (Å²) < 4.78 is 0. The standard InChI is InChI=1S/C17H12Cl2N2/c18-14-5-1-11(2-6-14)16-9-13(10-20)17(21-16)12-3-7-15(19)8-4-12/h1-8,13,17H,9H2/t13-,17-/m1/s1. The van der Waals surface area contributed by atoms with Gasteiger partial charge in [-0.2, -0.15) is 5.26 Å². The van der Waals surface area contributed by atoms with Crippen molar-refractivity contribution in [2.75, 3.05) is 0 Å². The maximum atomic E-state index is 9.39. The van der Waals surface area contributed by atoms with E-state index in [1.807, 2.05) is 48.5 Å². The molecule has 3 rings (SSSR count). The van der Waals surface area contributed by atoms with Crippen molar-refractivity contribution < 1.29 is 0 Å². The fourth-order valence-corrected chi connectivity index (χ4v) is 2.80. The molecular formula is C17H12Cl2N2. The molecule has 21 heavy (non-hydrogen) atoms. The molecule has 104 valence electrons. The van der Waals surface area contributed by atoms with E-state index in [0.29, 0.717) is 16.5 Å². The van der Waals surface area contributed by atoms with Crippen molar-refractivity contribution in [1.29, 1.82) is 5.26 Å². The minimum Gasteiger partial charge on any atom is -0.280 e. The molecule has 1 heterocycles. The van der Waals surface area contributed by atoms with E-state index in [1.54, 1.807) is 0 Å². The van der Waals surface area contributed by atoms with E-state index >= 15 is 0 Å². The van der Waals surface area contributed by atoms with Crippen molar-refractivity contribution in [1.82, 2.24) is 0 Å². The fraction of sp³-hybridized carbons (Fsp3) is 0.176. The molecule has 0 aliphatic carbocycles. The van der Waals surface area contributed by atoms with Crippen molar-refractivity contribution in [3.05, 3.63) is 69.7 Å². The Kier molecular flexibility index (Phi) is 3.96. The van der Waals surface area contributed by atoms with Gasteiger partial charge in [-0.25, -0.2) is 0 Å². The van der Waals surface area contributed by atoms with E-state index in [-0.39, 0.29) is 12.0 Å². The Morgan fingerprint density at radius 3 is 2.10 bits per heavy atom. The highest BCUT2D eigenvalue weighted by atomic mass is 35.5. The van der Waals surface area contributed by atoms with Crippen LogP contribution in [0.4, 0.5) is 0 Å². The molecule has 0 unspecified atom stereocenters. The summed E-state index contributed by atoms with van der Waals surface area (Å²) >= 11 is 11.8. The van der Waals surface area contributed by atoms with Crippen LogP contribution in [0.3, 0.4) is 0 Å². The number of aliphatic imine (C=N–C) groups is 1. The minimum atomic E-state index is -0.142. The van der Waals surface area contributed by atoms with Crippen molar-refractivity contribution in [2.24, 2.45) is 10.9 Å². The molecule has 0 bridgehead atoms. The van der Waals surface area contributed by atoms with Gasteiger partial charge in [0.1, 0.15) is 0 Å². The van der Waals surface area contributed by atoms with Gasteiger partial charge in [-0.15, -0.1) is 0 Å². The molecule has 0 N–H and O–H groups in total. The third-order valence-corrected chi connectivity index (χ3v) is 4.15. The van der Waals surface area contributed by atoms with Crippen LogP contribution >= 0.6 is 23.2 Å². The molecule has 0 saturated carbocycles. The first-order chi connectivity index (χ1) is 10.2. The van der Waals surface area contributed by atoms with E-state index in [9.17, 15) is 5.26 Å². The monoisotopic (exact) mass is 314 g/mol. The molecule has 1 aliphatic rings. The smallest absolute Gasteiger partial charge is 0.0914 e. The Morgan fingerprint density at radius 1 is 0.952 bits per heavy atom. The van der Waals surface area contributed by atoms with Crippen LogP contribution in [0.5, 0.6) is 0 Å². The van der Waals surface area contributed by atoms with Gasteiger partial charge in [-0.3, -0.25) is 4.99 Å². The maximum absolute atomic E-state index is 9.39. The van der Waals surface area contributed by atoms with E-state index in [1.165, 1.54) is 0 Å². The molecule has 2 aromatic carbocycles. The quantitative estimate of drug-likeness (QED) is 0.762. The molecule has 2 aromatic rings. The second-order valence-corrected chi connectivity index (χ2v) is 5.89. The Morgan fingerprint density at radius 2 is 1.52 bits per heavy atom. The van der Waals surface area contributed by atoms with E-state index in [4.69, 9.17) is 28.2 Å². The zero-order valence-electron chi connectivity index (χ0n) is 11.1. The first-order valence-corrected chi connectivity index (χ1v) is 7.40. The lowest BCUT2D eigenvalue weighted by atomic mass is 9.93. The SMILES string of the molecule is N#C[C@H]1CC(c2ccc(Cl)cc2)=N[C@@H]1c1ccc(Cl)cc1. The largest absolute Gasteiger partial charge is 0.280 e. The molecule has 0 radical (unpaired) electrons.